The number of hydrogen-bond acceptors (Lipinski definition) is 4. The summed E-state index contributed by atoms with van der Waals surface area (Å²) < 4.78 is 4.70. The predicted octanol–water partition coefficient (Wildman–Crippen LogP) is 2.58. The fourth-order valence-electron chi connectivity index (χ4n) is 1.85. The van der Waals surface area contributed by atoms with Crippen molar-refractivity contribution < 1.29 is 4.52 Å². The van der Waals surface area contributed by atoms with Crippen molar-refractivity contribution in [3.05, 3.63) is 47.1 Å². The van der Waals surface area contributed by atoms with Crippen LogP contribution in [-0.4, -0.2) is 16.7 Å². The summed E-state index contributed by atoms with van der Waals surface area (Å²) in [6.07, 6.45) is 2.15. The first kappa shape index (κ1) is 12.8. The fraction of sp³-hybridized carbons (Fsp3) is 0.429. The highest BCUT2D eigenvalue weighted by atomic mass is 16.5. The minimum absolute atomic E-state index is 0.330. The van der Waals surface area contributed by atoms with Gasteiger partial charge in [-0.15, -0.1) is 0 Å². The minimum atomic E-state index is 0.330. The van der Waals surface area contributed by atoms with Gasteiger partial charge in [-0.2, -0.15) is 4.98 Å². The van der Waals surface area contributed by atoms with Crippen molar-refractivity contribution in [1.82, 2.24) is 15.5 Å². The Morgan fingerprint density at radius 2 is 2.11 bits per heavy atom. The Hall–Kier alpha value is -1.68. The summed E-state index contributed by atoms with van der Waals surface area (Å²) >= 11 is 0. The highest BCUT2D eigenvalue weighted by Crippen LogP contribution is 2.16. The molecule has 1 heterocycles. The molecule has 0 spiro atoms. The predicted molar refractivity (Wildman–Crippen MR) is 70.3 cm³/mol. The fourth-order valence-corrected chi connectivity index (χ4v) is 1.85. The van der Waals surface area contributed by atoms with Gasteiger partial charge in [-0.05, 0) is 37.5 Å². The molecule has 1 atom stereocenters. The molecule has 0 bridgehead atoms. The van der Waals surface area contributed by atoms with Gasteiger partial charge in [0.1, 0.15) is 0 Å². The zero-order chi connectivity index (χ0) is 13.0. The number of nitrogens with one attached hydrogen (secondary N) is 1. The lowest BCUT2D eigenvalue weighted by molar-refractivity contribution is 0.408. The molecule has 4 heteroatoms. The van der Waals surface area contributed by atoms with E-state index in [1.54, 1.807) is 0 Å². The van der Waals surface area contributed by atoms with Crippen molar-refractivity contribution in [3.8, 4) is 0 Å². The van der Waals surface area contributed by atoms with Crippen LogP contribution in [0.3, 0.4) is 0 Å². The second-order valence-corrected chi connectivity index (χ2v) is 4.62. The van der Waals surface area contributed by atoms with Crippen molar-refractivity contribution in [2.75, 3.05) is 6.54 Å². The lowest BCUT2D eigenvalue weighted by Gasteiger charge is -2.15. The summed E-state index contributed by atoms with van der Waals surface area (Å²) in [5.74, 6) is 0.745. The summed E-state index contributed by atoms with van der Waals surface area (Å²) in [7, 11) is 0. The van der Waals surface area contributed by atoms with E-state index in [9.17, 15) is 0 Å². The average Bonchev–Trinajstić information content (AvgIpc) is 2.85. The topological polar surface area (TPSA) is 51.0 Å². The van der Waals surface area contributed by atoms with Crippen molar-refractivity contribution in [3.63, 3.8) is 0 Å². The molecule has 4 nitrogen and oxygen atoms in total. The largest absolute Gasteiger partial charge is 0.343 e. The van der Waals surface area contributed by atoms with Gasteiger partial charge in [-0.3, -0.25) is 0 Å². The highest BCUT2D eigenvalue weighted by molar-refractivity contribution is 5.31. The van der Waals surface area contributed by atoms with Gasteiger partial charge in [-0.1, -0.05) is 23.4 Å². The van der Waals surface area contributed by atoms with Crippen LogP contribution in [0.1, 0.15) is 35.5 Å². The molecule has 2 rings (SSSR count). The van der Waals surface area contributed by atoms with E-state index >= 15 is 0 Å². The summed E-state index contributed by atoms with van der Waals surface area (Å²) in [6, 6.07) is 6.91. The third kappa shape index (κ3) is 3.17. The SMILES string of the molecule is Cc1ccc(C(C)NCCc2ncon2)cc1C. The lowest BCUT2D eigenvalue weighted by Crippen LogP contribution is -2.21. The van der Waals surface area contributed by atoms with Crippen LogP contribution in [0.25, 0.3) is 0 Å². The first-order valence-corrected chi connectivity index (χ1v) is 6.22. The van der Waals surface area contributed by atoms with Crippen molar-refractivity contribution >= 4 is 0 Å². The molecular formula is C14H19N3O. The Morgan fingerprint density at radius 3 is 2.78 bits per heavy atom. The smallest absolute Gasteiger partial charge is 0.213 e. The molecule has 0 saturated carbocycles. The maximum Gasteiger partial charge on any atom is 0.213 e. The maximum atomic E-state index is 4.70. The molecular weight excluding hydrogens is 226 g/mol. The zero-order valence-corrected chi connectivity index (χ0v) is 11.1. The number of benzene rings is 1. The Balaban J connectivity index is 1.87. The summed E-state index contributed by atoms with van der Waals surface area (Å²) in [5.41, 5.74) is 3.98. The van der Waals surface area contributed by atoms with Gasteiger partial charge in [0, 0.05) is 19.0 Å². The first-order valence-electron chi connectivity index (χ1n) is 6.22. The van der Waals surface area contributed by atoms with Crippen LogP contribution in [0.5, 0.6) is 0 Å². The van der Waals surface area contributed by atoms with Crippen LogP contribution in [0.15, 0.2) is 29.1 Å². The van der Waals surface area contributed by atoms with E-state index in [1.807, 2.05) is 0 Å². The second-order valence-electron chi connectivity index (χ2n) is 4.62. The van der Waals surface area contributed by atoms with E-state index in [0.717, 1.165) is 18.8 Å². The molecule has 0 saturated heterocycles. The third-order valence-corrected chi connectivity index (χ3v) is 3.24. The molecule has 0 radical (unpaired) electrons. The summed E-state index contributed by atoms with van der Waals surface area (Å²) in [4.78, 5) is 3.99. The van der Waals surface area contributed by atoms with Crippen LogP contribution in [-0.2, 0) is 6.42 Å². The monoisotopic (exact) mass is 245 g/mol. The number of rotatable bonds is 5. The van der Waals surface area contributed by atoms with Crippen LogP contribution < -0.4 is 5.32 Å². The van der Waals surface area contributed by atoms with Crippen LogP contribution >= 0.6 is 0 Å². The quantitative estimate of drug-likeness (QED) is 0.879. The molecule has 96 valence electrons. The van der Waals surface area contributed by atoms with Crippen molar-refractivity contribution in [1.29, 1.82) is 0 Å². The molecule has 18 heavy (non-hydrogen) atoms. The standard InChI is InChI=1S/C14H19N3O/c1-10-4-5-13(8-11(10)2)12(3)15-7-6-14-16-9-18-17-14/h4-5,8-9,12,15H,6-7H2,1-3H3. The van der Waals surface area contributed by atoms with Gasteiger partial charge in [0.05, 0.1) is 0 Å². The molecule has 0 aliphatic heterocycles. The number of aromatic nitrogens is 2. The van der Waals surface area contributed by atoms with Gasteiger partial charge < -0.3 is 9.84 Å². The molecule has 0 amide bonds. The molecule has 2 aromatic rings. The maximum absolute atomic E-state index is 4.70. The highest BCUT2D eigenvalue weighted by Gasteiger charge is 2.06. The third-order valence-electron chi connectivity index (χ3n) is 3.24. The molecule has 0 aliphatic carbocycles. The number of aryl methyl sites for hydroxylation is 2. The molecule has 1 aromatic carbocycles. The van der Waals surface area contributed by atoms with E-state index < -0.39 is 0 Å². The molecule has 1 N–H and O–H groups in total. The minimum Gasteiger partial charge on any atom is -0.343 e. The second kappa shape index (κ2) is 5.78. The van der Waals surface area contributed by atoms with E-state index in [-0.39, 0.29) is 0 Å². The van der Waals surface area contributed by atoms with Crippen molar-refractivity contribution in [2.24, 2.45) is 0 Å². The lowest BCUT2D eigenvalue weighted by atomic mass is 10.0. The first-order chi connectivity index (χ1) is 8.66. The zero-order valence-electron chi connectivity index (χ0n) is 11.1. The van der Waals surface area contributed by atoms with Gasteiger partial charge in [0.25, 0.3) is 0 Å². The van der Waals surface area contributed by atoms with E-state index in [4.69, 9.17) is 4.52 Å². The molecule has 0 aliphatic rings. The van der Waals surface area contributed by atoms with Gasteiger partial charge in [-0.25, -0.2) is 0 Å². The van der Waals surface area contributed by atoms with Crippen molar-refractivity contribution in [2.45, 2.75) is 33.2 Å². The Labute approximate surface area is 107 Å². The summed E-state index contributed by atoms with van der Waals surface area (Å²) in [6.45, 7) is 7.28. The normalized spacial score (nSPS) is 12.6. The molecule has 0 fully saturated rings. The molecule has 1 aromatic heterocycles. The number of hydrogen-bond donors (Lipinski definition) is 1. The number of nitrogens with zero attached hydrogens (tertiary/aromatic N) is 2. The van der Waals surface area contributed by atoms with E-state index in [2.05, 4.69) is 54.4 Å². The summed E-state index contributed by atoms with van der Waals surface area (Å²) in [5, 5.41) is 7.25. The van der Waals surface area contributed by atoms with Gasteiger partial charge in [0.15, 0.2) is 5.82 Å². The van der Waals surface area contributed by atoms with Gasteiger partial charge >= 0.3 is 0 Å². The average molecular weight is 245 g/mol. The Bertz CT molecular complexity index is 494. The van der Waals surface area contributed by atoms with Gasteiger partial charge in [0.2, 0.25) is 6.39 Å². The Kier molecular flexibility index (Phi) is 4.10. The molecule has 1 unspecified atom stereocenters. The van der Waals surface area contributed by atoms with Crippen LogP contribution in [0.4, 0.5) is 0 Å². The van der Waals surface area contributed by atoms with E-state index in [1.165, 1.54) is 23.1 Å². The van der Waals surface area contributed by atoms with E-state index in [0.29, 0.717) is 6.04 Å². The van der Waals surface area contributed by atoms with Crippen LogP contribution in [0, 0.1) is 13.8 Å². The Morgan fingerprint density at radius 1 is 1.28 bits per heavy atom. The van der Waals surface area contributed by atoms with Crippen LogP contribution in [0.2, 0.25) is 0 Å².